The molecule has 12 nitrogen and oxygen atoms in total. The van der Waals surface area contributed by atoms with Gasteiger partial charge < -0.3 is 49.2 Å². The lowest BCUT2D eigenvalue weighted by atomic mass is 9.81. The molecular weight excluding hydrogens is 492 g/mol. The quantitative estimate of drug-likeness (QED) is 0.204. The average Bonchev–Trinajstić information content (AvgIpc) is 2.89. The summed E-state index contributed by atoms with van der Waals surface area (Å²) in [7, 11) is 1.22. The number of esters is 2. The predicted molar refractivity (Wildman–Crippen MR) is 125 cm³/mol. The van der Waals surface area contributed by atoms with Crippen LogP contribution in [0, 0.1) is 11.8 Å². The lowest BCUT2D eigenvalue weighted by Crippen LogP contribution is -2.60. The number of phenolic OH excluding ortho intramolecular Hbond substituents is 1. The molecule has 1 aromatic carbocycles. The van der Waals surface area contributed by atoms with Crippen molar-refractivity contribution >= 4 is 11.9 Å². The van der Waals surface area contributed by atoms with E-state index in [1.165, 1.54) is 19.2 Å². The number of hydrogen-bond acceptors (Lipinski definition) is 12. The molecule has 0 unspecified atom stereocenters. The van der Waals surface area contributed by atoms with E-state index < -0.39 is 67.4 Å². The first-order valence-corrected chi connectivity index (χ1v) is 11.9. The first kappa shape index (κ1) is 29.0. The summed E-state index contributed by atoms with van der Waals surface area (Å²) in [6, 6.07) is 6.50. The molecule has 0 aliphatic carbocycles. The van der Waals surface area contributed by atoms with Crippen LogP contribution in [0.4, 0.5) is 0 Å². The normalized spacial score (nSPS) is 33.2. The summed E-state index contributed by atoms with van der Waals surface area (Å²) < 4.78 is 27.1. The summed E-state index contributed by atoms with van der Waals surface area (Å²) in [4.78, 5) is 25.2. The molecule has 37 heavy (non-hydrogen) atoms. The number of ether oxygens (including phenoxy) is 5. The van der Waals surface area contributed by atoms with Crippen molar-refractivity contribution in [2.75, 3.05) is 26.9 Å². The van der Waals surface area contributed by atoms with E-state index in [9.17, 15) is 35.1 Å². The van der Waals surface area contributed by atoms with Crippen molar-refractivity contribution in [3.8, 4) is 5.75 Å². The van der Waals surface area contributed by atoms with E-state index in [2.05, 4.69) is 0 Å². The number of allylic oxidation sites excluding steroid dienone is 1. The smallest absolute Gasteiger partial charge is 0.311 e. The molecule has 2 saturated heterocycles. The van der Waals surface area contributed by atoms with E-state index in [1.54, 1.807) is 25.1 Å². The third kappa shape index (κ3) is 7.05. The second-order valence-electron chi connectivity index (χ2n) is 8.86. The largest absolute Gasteiger partial charge is 0.508 e. The zero-order valence-corrected chi connectivity index (χ0v) is 20.6. The number of phenols is 1. The Labute approximate surface area is 214 Å². The SMILES string of the molecule is C/C=C1\[C@@H](O[C@@H]2O[C@H](CO)[C@@H](O)[C@H](O)[C@H]2O)OC[C@H](C(=O)OC)[C@H]1CC(=O)OCCc1ccc(O)cc1. The predicted octanol–water partition coefficient (Wildman–Crippen LogP) is -0.607. The van der Waals surface area contributed by atoms with Crippen LogP contribution in [0.1, 0.15) is 18.9 Å². The summed E-state index contributed by atoms with van der Waals surface area (Å²) in [5.41, 5.74) is 1.26. The van der Waals surface area contributed by atoms with Crippen molar-refractivity contribution in [1.29, 1.82) is 0 Å². The molecule has 0 amide bonds. The first-order chi connectivity index (χ1) is 17.7. The Bertz CT molecular complexity index is 930. The van der Waals surface area contributed by atoms with Crippen molar-refractivity contribution < 1.29 is 58.8 Å². The van der Waals surface area contributed by atoms with Crippen LogP contribution < -0.4 is 0 Å². The molecule has 5 N–H and O–H groups in total. The van der Waals surface area contributed by atoms with Crippen LogP contribution in [-0.4, -0.2) is 101 Å². The molecule has 0 radical (unpaired) electrons. The van der Waals surface area contributed by atoms with E-state index in [-0.39, 0.29) is 25.4 Å². The highest BCUT2D eigenvalue weighted by molar-refractivity contribution is 5.76. The van der Waals surface area contributed by atoms with Gasteiger partial charge in [0.15, 0.2) is 12.6 Å². The number of carbonyl (C=O) groups is 2. The Morgan fingerprint density at radius 3 is 2.43 bits per heavy atom. The summed E-state index contributed by atoms with van der Waals surface area (Å²) >= 11 is 0. The van der Waals surface area contributed by atoms with Gasteiger partial charge in [-0.1, -0.05) is 18.2 Å². The van der Waals surface area contributed by atoms with Crippen molar-refractivity contribution in [1.82, 2.24) is 0 Å². The maximum atomic E-state index is 12.7. The van der Waals surface area contributed by atoms with Crippen molar-refractivity contribution in [3.63, 3.8) is 0 Å². The van der Waals surface area contributed by atoms with Crippen molar-refractivity contribution in [2.24, 2.45) is 11.8 Å². The number of rotatable bonds is 9. The van der Waals surface area contributed by atoms with Crippen LogP contribution in [0.15, 0.2) is 35.9 Å². The highest BCUT2D eigenvalue weighted by atomic mass is 16.8. The van der Waals surface area contributed by atoms with Gasteiger partial charge in [0.05, 0.1) is 39.3 Å². The van der Waals surface area contributed by atoms with Crippen LogP contribution in [0.5, 0.6) is 5.75 Å². The Hall–Kier alpha value is -2.58. The van der Waals surface area contributed by atoms with Crippen LogP contribution in [-0.2, 0) is 39.7 Å². The molecule has 12 heteroatoms. The zero-order valence-electron chi connectivity index (χ0n) is 20.6. The molecule has 8 atom stereocenters. The Morgan fingerprint density at radius 2 is 1.81 bits per heavy atom. The molecule has 0 spiro atoms. The Morgan fingerprint density at radius 1 is 1.11 bits per heavy atom. The molecule has 2 heterocycles. The van der Waals surface area contributed by atoms with E-state index in [0.29, 0.717) is 12.0 Å². The maximum Gasteiger partial charge on any atom is 0.311 e. The van der Waals surface area contributed by atoms with E-state index in [1.807, 2.05) is 0 Å². The Kier molecular flexibility index (Phi) is 10.4. The molecule has 3 rings (SSSR count). The minimum absolute atomic E-state index is 0.0890. The van der Waals surface area contributed by atoms with Gasteiger partial charge in [0.25, 0.3) is 0 Å². The zero-order chi connectivity index (χ0) is 27.1. The van der Waals surface area contributed by atoms with E-state index in [0.717, 1.165) is 5.56 Å². The third-order valence-electron chi connectivity index (χ3n) is 6.53. The molecule has 2 aliphatic heterocycles. The van der Waals surface area contributed by atoms with Gasteiger partial charge in [0.2, 0.25) is 0 Å². The number of methoxy groups -OCH3 is 1. The lowest BCUT2D eigenvalue weighted by Gasteiger charge is -2.43. The highest BCUT2D eigenvalue weighted by Crippen LogP contribution is 2.37. The molecule has 0 aromatic heterocycles. The minimum Gasteiger partial charge on any atom is -0.508 e. The van der Waals surface area contributed by atoms with Crippen LogP contribution >= 0.6 is 0 Å². The number of hydrogen-bond donors (Lipinski definition) is 5. The summed E-state index contributed by atoms with van der Waals surface area (Å²) in [6.45, 7) is 0.949. The van der Waals surface area contributed by atoms with Gasteiger partial charge in [-0.15, -0.1) is 0 Å². The lowest BCUT2D eigenvalue weighted by molar-refractivity contribution is -0.335. The van der Waals surface area contributed by atoms with Gasteiger partial charge in [-0.25, -0.2) is 0 Å². The van der Waals surface area contributed by atoms with Crippen molar-refractivity contribution in [2.45, 2.75) is 56.8 Å². The maximum absolute atomic E-state index is 12.7. The van der Waals surface area contributed by atoms with Gasteiger partial charge in [-0.05, 0) is 30.2 Å². The molecule has 206 valence electrons. The molecule has 0 bridgehead atoms. The average molecular weight is 527 g/mol. The first-order valence-electron chi connectivity index (χ1n) is 11.9. The van der Waals surface area contributed by atoms with Crippen LogP contribution in [0.2, 0.25) is 0 Å². The third-order valence-corrected chi connectivity index (χ3v) is 6.53. The van der Waals surface area contributed by atoms with Gasteiger partial charge >= 0.3 is 11.9 Å². The number of aliphatic hydroxyl groups is 4. The fourth-order valence-electron chi connectivity index (χ4n) is 4.41. The monoisotopic (exact) mass is 526 g/mol. The van der Waals surface area contributed by atoms with E-state index in [4.69, 9.17) is 23.7 Å². The molecule has 1 aromatic rings. The second kappa shape index (κ2) is 13.3. The Balaban J connectivity index is 1.69. The summed E-state index contributed by atoms with van der Waals surface area (Å²) in [6.07, 6.45) is -6.81. The van der Waals surface area contributed by atoms with Crippen LogP contribution in [0.25, 0.3) is 0 Å². The standard InChI is InChI=1S/C25H34O12/c1-3-15-16(10-19(28)34-9-8-13-4-6-14(27)7-5-13)17(23(32)33-2)12-35-24(15)37-25-22(31)21(30)20(29)18(11-26)36-25/h3-7,16-18,20-22,24-27,29-31H,8-12H2,1-2H3/b15-3-/t16-,17-,18+,20+,21-,22+,24+,25-/m0/s1. The number of aliphatic hydroxyl groups excluding tert-OH is 4. The number of aromatic hydroxyl groups is 1. The molecule has 2 aliphatic rings. The summed E-state index contributed by atoms with van der Waals surface area (Å²) in [5.74, 6) is -2.58. The fourth-order valence-corrected chi connectivity index (χ4v) is 4.41. The number of benzene rings is 1. The topological polar surface area (TPSA) is 181 Å². The van der Waals surface area contributed by atoms with Crippen molar-refractivity contribution in [3.05, 3.63) is 41.5 Å². The molecule has 0 saturated carbocycles. The number of carbonyl (C=O) groups excluding carboxylic acids is 2. The van der Waals surface area contributed by atoms with Gasteiger partial charge in [0, 0.05) is 12.3 Å². The molecular formula is C25H34O12. The highest BCUT2D eigenvalue weighted by Gasteiger charge is 2.48. The van der Waals surface area contributed by atoms with Gasteiger partial charge in [-0.3, -0.25) is 9.59 Å². The fraction of sp³-hybridized carbons (Fsp3) is 0.600. The summed E-state index contributed by atoms with van der Waals surface area (Å²) in [5, 5.41) is 49.2. The van der Waals surface area contributed by atoms with Gasteiger partial charge in [0.1, 0.15) is 30.2 Å². The minimum atomic E-state index is -1.65. The van der Waals surface area contributed by atoms with Gasteiger partial charge in [-0.2, -0.15) is 0 Å². The molecule has 2 fully saturated rings. The van der Waals surface area contributed by atoms with E-state index >= 15 is 0 Å². The second-order valence-corrected chi connectivity index (χ2v) is 8.86. The van der Waals surface area contributed by atoms with Crippen LogP contribution in [0.3, 0.4) is 0 Å².